The molecule has 4 nitrogen and oxygen atoms in total. The fourth-order valence-corrected chi connectivity index (χ4v) is 3.69. The third-order valence-corrected chi connectivity index (χ3v) is 5.17. The number of carbonyl (C=O) groups is 2. The third-order valence-electron chi connectivity index (χ3n) is 5.17. The van der Waals surface area contributed by atoms with Gasteiger partial charge in [-0.1, -0.05) is 84.9 Å². The van der Waals surface area contributed by atoms with Crippen molar-refractivity contribution in [2.75, 3.05) is 0 Å². The molecule has 0 aliphatic carbocycles. The summed E-state index contributed by atoms with van der Waals surface area (Å²) in [4.78, 5) is 26.1. The van der Waals surface area contributed by atoms with Gasteiger partial charge in [-0.3, -0.25) is 9.59 Å². The van der Waals surface area contributed by atoms with E-state index >= 15 is 0 Å². The summed E-state index contributed by atoms with van der Waals surface area (Å²) in [5, 5.41) is 10.3. The number of aromatic nitrogens is 2. The van der Waals surface area contributed by atoms with Gasteiger partial charge in [0.25, 0.3) is 0 Å². The molecular formula is C26H16N2O2. The average molecular weight is 388 g/mol. The van der Waals surface area contributed by atoms with Crippen LogP contribution in [0.3, 0.4) is 0 Å². The van der Waals surface area contributed by atoms with E-state index in [0.29, 0.717) is 33.3 Å². The molecule has 4 heteroatoms. The SMILES string of the molecule is O=C(c1ccccc1)c1cccc2c1nnc1c(C(=O)c3ccccc3)cccc12. The van der Waals surface area contributed by atoms with Crippen molar-refractivity contribution in [3.05, 3.63) is 119 Å². The quantitative estimate of drug-likeness (QED) is 0.312. The second-order valence-electron chi connectivity index (χ2n) is 6.99. The second kappa shape index (κ2) is 7.33. The van der Waals surface area contributed by atoms with Gasteiger partial charge in [0.15, 0.2) is 11.6 Å². The van der Waals surface area contributed by atoms with Gasteiger partial charge in [-0.2, -0.15) is 0 Å². The van der Waals surface area contributed by atoms with Crippen molar-refractivity contribution in [2.45, 2.75) is 0 Å². The summed E-state index contributed by atoms with van der Waals surface area (Å²) in [5.74, 6) is -0.210. The number of hydrogen-bond acceptors (Lipinski definition) is 4. The molecule has 0 spiro atoms. The van der Waals surface area contributed by atoms with Crippen molar-refractivity contribution in [1.29, 1.82) is 0 Å². The maximum atomic E-state index is 13.0. The molecule has 0 saturated heterocycles. The molecular weight excluding hydrogens is 372 g/mol. The normalized spacial score (nSPS) is 10.9. The first-order valence-corrected chi connectivity index (χ1v) is 9.61. The predicted molar refractivity (Wildman–Crippen MR) is 117 cm³/mol. The number of nitrogens with zero attached hydrogens (tertiary/aromatic N) is 2. The van der Waals surface area contributed by atoms with Crippen molar-refractivity contribution in [3.63, 3.8) is 0 Å². The molecule has 0 radical (unpaired) electrons. The summed E-state index contributed by atoms with van der Waals surface area (Å²) in [7, 11) is 0. The molecule has 1 heterocycles. The molecule has 30 heavy (non-hydrogen) atoms. The van der Waals surface area contributed by atoms with Crippen molar-refractivity contribution < 1.29 is 9.59 Å². The van der Waals surface area contributed by atoms with Gasteiger partial charge in [-0.25, -0.2) is 0 Å². The van der Waals surface area contributed by atoms with Crippen LogP contribution < -0.4 is 0 Å². The van der Waals surface area contributed by atoms with E-state index in [4.69, 9.17) is 0 Å². The Bertz CT molecular complexity index is 1300. The molecule has 0 amide bonds. The summed E-state index contributed by atoms with van der Waals surface area (Å²) in [6, 6.07) is 29.2. The van der Waals surface area contributed by atoms with Gasteiger partial charge < -0.3 is 0 Å². The Morgan fingerprint density at radius 1 is 0.467 bits per heavy atom. The minimum Gasteiger partial charge on any atom is -0.289 e. The largest absolute Gasteiger partial charge is 0.289 e. The van der Waals surface area contributed by atoms with E-state index in [2.05, 4.69) is 10.2 Å². The van der Waals surface area contributed by atoms with Gasteiger partial charge in [0.2, 0.25) is 0 Å². The highest BCUT2D eigenvalue weighted by molar-refractivity contribution is 6.21. The topological polar surface area (TPSA) is 59.9 Å². The first-order valence-electron chi connectivity index (χ1n) is 9.61. The lowest BCUT2D eigenvalue weighted by atomic mass is 9.96. The monoisotopic (exact) mass is 388 g/mol. The summed E-state index contributed by atoms with van der Waals surface area (Å²) in [6.45, 7) is 0. The number of fused-ring (bicyclic) bond motifs is 3. The number of ketones is 2. The molecule has 0 fully saturated rings. The first kappa shape index (κ1) is 17.9. The third kappa shape index (κ3) is 2.95. The second-order valence-corrected chi connectivity index (χ2v) is 6.99. The molecule has 142 valence electrons. The van der Waals surface area contributed by atoms with Crippen LogP contribution >= 0.6 is 0 Å². The first-order chi connectivity index (χ1) is 14.7. The van der Waals surface area contributed by atoms with E-state index in [1.54, 1.807) is 36.4 Å². The smallest absolute Gasteiger partial charge is 0.195 e. The molecule has 0 unspecified atom stereocenters. The van der Waals surface area contributed by atoms with Gasteiger partial charge in [0.05, 0.1) is 11.1 Å². The van der Waals surface area contributed by atoms with E-state index in [9.17, 15) is 9.59 Å². The standard InChI is InChI=1S/C26H16N2O2/c29-25(17-9-3-1-4-10-17)21-15-7-13-19-20-14-8-16-22(24(20)28-27-23(19)21)26(30)18-11-5-2-6-12-18/h1-16H. The summed E-state index contributed by atoms with van der Waals surface area (Å²) >= 11 is 0. The molecule has 0 saturated carbocycles. The number of hydrogen-bond donors (Lipinski definition) is 0. The highest BCUT2D eigenvalue weighted by atomic mass is 16.1. The van der Waals surface area contributed by atoms with Crippen LogP contribution in [0.25, 0.3) is 21.8 Å². The van der Waals surface area contributed by atoms with E-state index < -0.39 is 0 Å². The van der Waals surface area contributed by atoms with Crippen LogP contribution in [-0.4, -0.2) is 21.8 Å². The molecule has 4 aromatic carbocycles. The Labute approximate surface area is 172 Å². The fraction of sp³-hybridized carbons (Fsp3) is 0. The molecule has 0 aliphatic rings. The Hall–Kier alpha value is -4.18. The minimum absolute atomic E-state index is 0.105. The highest BCUT2D eigenvalue weighted by Gasteiger charge is 2.18. The van der Waals surface area contributed by atoms with Crippen LogP contribution in [0.15, 0.2) is 97.1 Å². The molecule has 5 rings (SSSR count). The summed E-state index contributed by atoms with van der Waals surface area (Å²) in [6.07, 6.45) is 0. The van der Waals surface area contributed by atoms with Gasteiger partial charge >= 0.3 is 0 Å². The maximum absolute atomic E-state index is 13.0. The van der Waals surface area contributed by atoms with Crippen LogP contribution in [0.1, 0.15) is 31.8 Å². The number of rotatable bonds is 4. The number of benzene rings is 4. The van der Waals surface area contributed by atoms with Gasteiger partial charge in [0, 0.05) is 21.9 Å². The van der Waals surface area contributed by atoms with E-state index in [0.717, 1.165) is 10.8 Å². The minimum atomic E-state index is -0.105. The van der Waals surface area contributed by atoms with Crippen molar-refractivity contribution >= 4 is 33.4 Å². The Morgan fingerprint density at radius 2 is 0.867 bits per heavy atom. The Balaban J connectivity index is 1.70. The predicted octanol–water partition coefficient (Wildman–Crippen LogP) is 5.25. The van der Waals surface area contributed by atoms with Crippen molar-refractivity contribution in [3.8, 4) is 0 Å². The van der Waals surface area contributed by atoms with Crippen LogP contribution in [0, 0.1) is 0 Å². The zero-order valence-corrected chi connectivity index (χ0v) is 15.9. The summed E-state index contributed by atoms with van der Waals surface area (Å²) < 4.78 is 0. The van der Waals surface area contributed by atoms with E-state index in [1.165, 1.54) is 0 Å². The van der Waals surface area contributed by atoms with Crippen LogP contribution in [0.4, 0.5) is 0 Å². The lowest BCUT2D eigenvalue weighted by Gasteiger charge is -2.09. The van der Waals surface area contributed by atoms with Crippen LogP contribution in [-0.2, 0) is 0 Å². The molecule has 0 N–H and O–H groups in total. The molecule has 1 aromatic heterocycles. The van der Waals surface area contributed by atoms with Gasteiger partial charge in [-0.05, 0) is 12.1 Å². The van der Waals surface area contributed by atoms with Crippen LogP contribution in [0.2, 0.25) is 0 Å². The van der Waals surface area contributed by atoms with E-state index in [1.807, 2.05) is 60.7 Å². The molecule has 0 aliphatic heterocycles. The Kier molecular flexibility index (Phi) is 4.37. The maximum Gasteiger partial charge on any atom is 0.195 e. The number of carbonyl (C=O) groups excluding carboxylic acids is 2. The van der Waals surface area contributed by atoms with Crippen molar-refractivity contribution in [1.82, 2.24) is 10.2 Å². The molecule has 5 aromatic rings. The van der Waals surface area contributed by atoms with Crippen LogP contribution in [0.5, 0.6) is 0 Å². The zero-order chi connectivity index (χ0) is 20.5. The molecule has 0 bridgehead atoms. The summed E-state index contributed by atoms with van der Waals surface area (Å²) in [5.41, 5.74) is 3.24. The average Bonchev–Trinajstić information content (AvgIpc) is 2.83. The van der Waals surface area contributed by atoms with Gasteiger partial charge in [-0.15, -0.1) is 10.2 Å². The Morgan fingerprint density at radius 3 is 1.27 bits per heavy atom. The lowest BCUT2D eigenvalue weighted by molar-refractivity contribution is 0.103. The highest BCUT2D eigenvalue weighted by Crippen LogP contribution is 2.28. The van der Waals surface area contributed by atoms with Gasteiger partial charge in [0.1, 0.15) is 11.0 Å². The lowest BCUT2D eigenvalue weighted by Crippen LogP contribution is -2.06. The molecule has 0 atom stereocenters. The van der Waals surface area contributed by atoms with Crippen molar-refractivity contribution in [2.24, 2.45) is 0 Å². The fourth-order valence-electron chi connectivity index (χ4n) is 3.69. The van der Waals surface area contributed by atoms with E-state index in [-0.39, 0.29) is 11.6 Å². The zero-order valence-electron chi connectivity index (χ0n) is 15.9.